The van der Waals surface area contributed by atoms with Crippen LogP contribution < -0.4 is 0 Å². The van der Waals surface area contributed by atoms with Crippen LogP contribution in [0.1, 0.15) is 40.0 Å². The molecule has 0 aromatic rings. The minimum atomic E-state index is -0.0570. The lowest BCUT2D eigenvalue weighted by Gasteiger charge is -2.43. The molecule has 3 radical (unpaired) electrons. The summed E-state index contributed by atoms with van der Waals surface area (Å²) in [5.74, 6) is 0. The molecular formula is C15H25BP. The molecule has 0 aromatic carbocycles. The lowest BCUT2D eigenvalue weighted by molar-refractivity contribution is 0.700. The highest BCUT2D eigenvalue weighted by Crippen LogP contribution is 2.60. The molecule has 0 spiro atoms. The molecule has 0 heterocycles. The number of hydrogen-bond acceptors (Lipinski definition) is 0. The second kappa shape index (κ2) is 6.59. The van der Waals surface area contributed by atoms with Crippen LogP contribution in [0, 0.1) is 0 Å². The van der Waals surface area contributed by atoms with E-state index in [1.54, 1.807) is 0 Å². The minimum absolute atomic E-state index is 0. The fourth-order valence-electron chi connectivity index (χ4n) is 2.19. The van der Waals surface area contributed by atoms with Gasteiger partial charge in [0.25, 0.3) is 0 Å². The highest BCUT2D eigenvalue weighted by Gasteiger charge is 2.37. The van der Waals surface area contributed by atoms with Gasteiger partial charge >= 0.3 is 0 Å². The van der Waals surface area contributed by atoms with Crippen molar-refractivity contribution >= 4 is 16.3 Å². The van der Waals surface area contributed by atoms with Crippen LogP contribution in [0.3, 0.4) is 0 Å². The molecule has 2 heteroatoms. The summed E-state index contributed by atoms with van der Waals surface area (Å²) in [6.45, 7) is 13.4. The first-order chi connectivity index (χ1) is 7.42. The van der Waals surface area contributed by atoms with Crippen molar-refractivity contribution in [3.8, 4) is 0 Å². The summed E-state index contributed by atoms with van der Waals surface area (Å²) in [6, 6.07) is 0. The molecule has 93 valence electrons. The van der Waals surface area contributed by atoms with E-state index in [0.29, 0.717) is 10.3 Å². The van der Waals surface area contributed by atoms with Gasteiger partial charge in [-0.1, -0.05) is 59.1 Å². The average Bonchev–Trinajstić information content (AvgIpc) is 2.25. The van der Waals surface area contributed by atoms with Gasteiger partial charge in [0.05, 0.1) is 0 Å². The fourth-order valence-corrected chi connectivity index (χ4v) is 4.57. The molecule has 0 N–H and O–H groups in total. The van der Waals surface area contributed by atoms with Gasteiger partial charge in [-0.05, 0) is 31.1 Å². The van der Waals surface area contributed by atoms with Gasteiger partial charge in [0.15, 0.2) is 0 Å². The molecule has 0 aliphatic heterocycles. The van der Waals surface area contributed by atoms with Crippen molar-refractivity contribution in [2.24, 2.45) is 0 Å². The van der Waals surface area contributed by atoms with Crippen LogP contribution >= 0.6 is 7.92 Å². The summed E-state index contributed by atoms with van der Waals surface area (Å²) >= 11 is 0. The van der Waals surface area contributed by atoms with Crippen LogP contribution in [0.25, 0.3) is 0 Å². The van der Waals surface area contributed by atoms with Crippen molar-refractivity contribution in [3.63, 3.8) is 0 Å². The van der Waals surface area contributed by atoms with E-state index in [1.807, 2.05) is 6.08 Å². The van der Waals surface area contributed by atoms with Gasteiger partial charge in [0.1, 0.15) is 0 Å². The molecule has 0 fully saturated rings. The second-order valence-corrected chi connectivity index (χ2v) is 8.88. The Kier molecular flexibility index (Phi) is 6.48. The number of rotatable bonds is 4. The van der Waals surface area contributed by atoms with Crippen LogP contribution in [0.2, 0.25) is 0 Å². The van der Waals surface area contributed by atoms with Crippen LogP contribution in [0.15, 0.2) is 37.0 Å². The summed E-state index contributed by atoms with van der Waals surface area (Å²) < 4.78 is 0. The smallest absolute Gasteiger partial charge is 0.0267 e. The molecule has 1 aliphatic rings. The van der Waals surface area contributed by atoms with Gasteiger partial charge in [-0.25, -0.2) is 0 Å². The van der Waals surface area contributed by atoms with Crippen molar-refractivity contribution in [2.75, 3.05) is 6.66 Å². The zero-order valence-electron chi connectivity index (χ0n) is 11.7. The van der Waals surface area contributed by atoms with E-state index in [-0.39, 0.29) is 16.3 Å². The van der Waals surface area contributed by atoms with E-state index in [4.69, 9.17) is 0 Å². The van der Waals surface area contributed by atoms with E-state index < -0.39 is 0 Å². The fraction of sp³-hybridized carbons (Fsp3) is 0.600. The predicted octanol–water partition coefficient (Wildman–Crippen LogP) is 4.74. The van der Waals surface area contributed by atoms with Gasteiger partial charge < -0.3 is 0 Å². The van der Waals surface area contributed by atoms with E-state index >= 15 is 0 Å². The summed E-state index contributed by atoms with van der Waals surface area (Å²) in [6.07, 6.45) is 15.0. The topological polar surface area (TPSA) is 0 Å². The van der Waals surface area contributed by atoms with Crippen LogP contribution in [-0.2, 0) is 0 Å². The molecule has 17 heavy (non-hydrogen) atoms. The standard InChI is InChI=1S/C15H25P.B/c1-6-7-11-15(12-9-8-10-13-15)16(5)14(2,3)4;/h6,9-10,12-13H,1,7-8,11H2,2-5H3;. The summed E-state index contributed by atoms with van der Waals surface area (Å²) in [5, 5.41) is 0.711. The Morgan fingerprint density at radius 3 is 2.24 bits per heavy atom. The largest absolute Gasteiger partial charge is 0.103 e. The van der Waals surface area contributed by atoms with Crippen molar-refractivity contribution in [1.82, 2.24) is 0 Å². The Balaban J connectivity index is 0.00000256. The highest BCUT2D eigenvalue weighted by atomic mass is 31.1. The maximum absolute atomic E-state index is 3.86. The maximum atomic E-state index is 3.86. The number of hydrogen-bond donors (Lipinski definition) is 0. The van der Waals surface area contributed by atoms with E-state index in [9.17, 15) is 0 Å². The Labute approximate surface area is 111 Å². The maximum Gasteiger partial charge on any atom is 0.0267 e. The zero-order chi connectivity index (χ0) is 12.2. The molecule has 0 aromatic heterocycles. The summed E-state index contributed by atoms with van der Waals surface area (Å²) in [7, 11) is -0.0570. The molecular weight excluding hydrogens is 222 g/mol. The minimum Gasteiger partial charge on any atom is -0.103 e. The Hall–Kier alpha value is -0.285. The van der Waals surface area contributed by atoms with Crippen molar-refractivity contribution in [3.05, 3.63) is 37.0 Å². The van der Waals surface area contributed by atoms with E-state index in [2.05, 4.69) is 58.3 Å². The van der Waals surface area contributed by atoms with Gasteiger partial charge in [0.2, 0.25) is 0 Å². The predicted molar refractivity (Wildman–Crippen MR) is 83.4 cm³/mol. The van der Waals surface area contributed by atoms with E-state index in [0.717, 1.165) is 12.8 Å². The first-order valence-electron chi connectivity index (χ1n) is 6.12. The molecule has 0 saturated heterocycles. The highest BCUT2D eigenvalue weighted by molar-refractivity contribution is 7.60. The monoisotopic (exact) mass is 247 g/mol. The van der Waals surface area contributed by atoms with Gasteiger partial charge in [0, 0.05) is 13.6 Å². The Morgan fingerprint density at radius 2 is 1.82 bits per heavy atom. The number of allylic oxidation sites excluding steroid dienone is 5. The molecule has 1 atom stereocenters. The molecule has 1 unspecified atom stereocenters. The van der Waals surface area contributed by atoms with Crippen molar-refractivity contribution in [2.45, 2.75) is 50.3 Å². The lowest BCUT2D eigenvalue weighted by Crippen LogP contribution is -2.30. The first kappa shape index (κ1) is 16.7. The van der Waals surface area contributed by atoms with Crippen LogP contribution in [-0.4, -0.2) is 25.4 Å². The molecule has 0 saturated carbocycles. The van der Waals surface area contributed by atoms with Gasteiger partial charge in [-0.15, -0.1) is 6.58 Å². The third-order valence-corrected chi connectivity index (χ3v) is 7.25. The SMILES string of the molecule is C=CCCC1(P(C)C(C)(C)C)C=CCC=C1.[B]. The quantitative estimate of drug-likeness (QED) is 0.382. The Bertz CT molecular complexity index is 285. The Morgan fingerprint density at radius 1 is 1.29 bits per heavy atom. The normalized spacial score (nSPS) is 19.5. The van der Waals surface area contributed by atoms with Crippen molar-refractivity contribution < 1.29 is 0 Å². The average molecular weight is 247 g/mol. The first-order valence-corrected chi connectivity index (χ1v) is 7.91. The van der Waals surface area contributed by atoms with E-state index in [1.165, 1.54) is 6.42 Å². The molecule has 0 amide bonds. The second-order valence-electron chi connectivity index (χ2n) is 5.59. The van der Waals surface area contributed by atoms with Crippen LogP contribution in [0.5, 0.6) is 0 Å². The summed E-state index contributed by atoms with van der Waals surface area (Å²) in [4.78, 5) is 0. The zero-order valence-corrected chi connectivity index (χ0v) is 12.6. The molecule has 0 nitrogen and oxygen atoms in total. The molecule has 1 rings (SSSR count). The van der Waals surface area contributed by atoms with Gasteiger partial charge in [-0.2, -0.15) is 0 Å². The van der Waals surface area contributed by atoms with Crippen LogP contribution in [0.4, 0.5) is 0 Å². The molecule has 0 bridgehead atoms. The third kappa shape index (κ3) is 4.14. The lowest BCUT2D eigenvalue weighted by atomic mass is 9.97. The molecule has 1 aliphatic carbocycles. The van der Waals surface area contributed by atoms with Gasteiger partial charge in [-0.3, -0.25) is 0 Å². The summed E-state index contributed by atoms with van der Waals surface area (Å²) in [5.41, 5.74) is 0. The third-order valence-electron chi connectivity index (χ3n) is 3.46. The van der Waals surface area contributed by atoms with Crippen molar-refractivity contribution in [1.29, 1.82) is 0 Å².